The predicted octanol–water partition coefficient (Wildman–Crippen LogP) is 7.08. The van der Waals surface area contributed by atoms with Crippen LogP contribution >= 0.6 is 34.8 Å². The molecule has 0 aromatic heterocycles. The number of para-hydroxylation sites is 1. The number of carbonyl (C=O) groups is 1. The number of halogens is 3. The van der Waals surface area contributed by atoms with Crippen LogP contribution in [0, 0.1) is 18.3 Å². The van der Waals surface area contributed by atoms with Crippen LogP contribution in [0.25, 0.3) is 6.08 Å². The molecule has 156 valence electrons. The number of benzene rings is 3. The zero-order valence-electron chi connectivity index (χ0n) is 16.5. The van der Waals surface area contributed by atoms with Crippen LogP contribution in [-0.2, 0) is 11.4 Å². The maximum absolute atomic E-state index is 12.7. The Morgan fingerprint density at radius 2 is 1.81 bits per heavy atom. The maximum Gasteiger partial charge on any atom is 0.266 e. The van der Waals surface area contributed by atoms with Crippen molar-refractivity contribution in [2.75, 3.05) is 5.32 Å². The van der Waals surface area contributed by atoms with Gasteiger partial charge in [0.15, 0.2) is 0 Å². The van der Waals surface area contributed by atoms with E-state index in [1.807, 2.05) is 18.2 Å². The SMILES string of the molecule is Cc1c(Cl)cccc1NC(=O)/C(C#N)=C\c1ccccc1OCc1ccc(Cl)c(Cl)c1. The molecule has 1 N–H and O–H groups in total. The van der Waals surface area contributed by atoms with E-state index in [1.54, 1.807) is 55.5 Å². The first-order valence-electron chi connectivity index (χ1n) is 9.23. The summed E-state index contributed by atoms with van der Waals surface area (Å²) in [6.07, 6.45) is 1.49. The molecule has 4 nitrogen and oxygen atoms in total. The molecule has 0 unspecified atom stereocenters. The Morgan fingerprint density at radius 3 is 2.55 bits per heavy atom. The van der Waals surface area contributed by atoms with E-state index < -0.39 is 5.91 Å². The van der Waals surface area contributed by atoms with Crippen molar-refractivity contribution in [3.8, 4) is 11.8 Å². The van der Waals surface area contributed by atoms with Gasteiger partial charge in [0.2, 0.25) is 0 Å². The smallest absolute Gasteiger partial charge is 0.266 e. The van der Waals surface area contributed by atoms with Crippen LogP contribution < -0.4 is 10.1 Å². The standard InChI is InChI=1S/C24H17Cl3N2O2/c1-15-19(25)6-4-7-22(15)29-24(30)18(13-28)12-17-5-2-3-8-23(17)31-14-16-9-10-20(26)21(27)11-16/h2-12H,14H2,1H3,(H,29,30)/b18-12-. The van der Waals surface area contributed by atoms with E-state index in [2.05, 4.69) is 5.32 Å². The first-order chi connectivity index (χ1) is 14.9. The highest BCUT2D eigenvalue weighted by Gasteiger charge is 2.13. The van der Waals surface area contributed by atoms with E-state index in [0.717, 1.165) is 11.1 Å². The molecule has 0 atom stereocenters. The fourth-order valence-corrected chi connectivity index (χ4v) is 3.25. The van der Waals surface area contributed by atoms with Gasteiger partial charge in [-0.1, -0.05) is 65.1 Å². The Balaban J connectivity index is 1.81. The van der Waals surface area contributed by atoms with E-state index in [4.69, 9.17) is 39.5 Å². The molecule has 0 fully saturated rings. The number of nitrogens with one attached hydrogen (secondary N) is 1. The van der Waals surface area contributed by atoms with Crippen molar-refractivity contribution < 1.29 is 9.53 Å². The lowest BCUT2D eigenvalue weighted by atomic mass is 10.1. The van der Waals surface area contributed by atoms with Gasteiger partial charge < -0.3 is 10.1 Å². The Kier molecular flexibility index (Phi) is 7.59. The predicted molar refractivity (Wildman–Crippen MR) is 126 cm³/mol. The lowest BCUT2D eigenvalue weighted by Crippen LogP contribution is -2.14. The average Bonchev–Trinajstić information content (AvgIpc) is 2.76. The van der Waals surface area contributed by atoms with Gasteiger partial charge in [-0.3, -0.25) is 4.79 Å². The summed E-state index contributed by atoms with van der Waals surface area (Å²) in [5.41, 5.74) is 2.63. The quantitative estimate of drug-likeness (QED) is 0.308. The number of ether oxygens (including phenoxy) is 1. The zero-order valence-corrected chi connectivity index (χ0v) is 18.7. The van der Waals surface area contributed by atoms with Gasteiger partial charge in [-0.15, -0.1) is 0 Å². The number of hydrogen-bond donors (Lipinski definition) is 1. The molecule has 0 saturated heterocycles. The average molecular weight is 472 g/mol. The van der Waals surface area contributed by atoms with Crippen molar-refractivity contribution in [1.29, 1.82) is 5.26 Å². The summed E-state index contributed by atoms with van der Waals surface area (Å²) >= 11 is 18.1. The van der Waals surface area contributed by atoms with Crippen LogP contribution in [0.5, 0.6) is 5.75 Å². The topological polar surface area (TPSA) is 62.1 Å². The van der Waals surface area contributed by atoms with Crippen molar-refractivity contribution in [1.82, 2.24) is 0 Å². The number of anilines is 1. The van der Waals surface area contributed by atoms with Crippen LogP contribution in [0.1, 0.15) is 16.7 Å². The fourth-order valence-electron chi connectivity index (χ4n) is 2.76. The van der Waals surface area contributed by atoms with Gasteiger partial charge in [-0.05, 0) is 54.5 Å². The zero-order chi connectivity index (χ0) is 22.4. The molecular weight excluding hydrogens is 455 g/mol. The number of nitriles is 1. The molecule has 1 amide bonds. The number of rotatable bonds is 6. The van der Waals surface area contributed by atoms with Gasteiger partial charge in [0.05, 0.1) is 10.0 Å². The van der Waals surface area contributed by atoms with E-state index >= 15 is 0 Å². The molecule has 3 rings (SSSR count). The number of amides is 1. The molecule has 7 heteroatoms. The highest BCUT2D eigenvalue weighted by molar-refractivity contribution is 6.42. The minimum absolute atomic E-state index is 0.0648. The van der Waals surface area contributed by atoms with E-state index in [0.29, 0.717) is 32.1 Å². The highest BCUT2D eigenvalue weighted by atomic mass is 35.5. The van der Waals surface area contributed by atoms with Crippen LogP contribution in [0.4, 0.5) is 5.69 Å². The van der Waals surface area contributed by atoms with E-state index in [1.165, 1.54) is 6.08 Å². The lowest BCUT2D eigenvalue weighted by Gasteiger charge is -2.11. The highest BCUT2D eigenvalue weighted by Crippen LogP contribution is 2.27. The molecule has 0 heterocycles. The number of hydrogen-bond acceptors (Lipinski definition) is 3. The van der Waals surface area contributed by atoms with Crippen LogP contribution in [0.3, 0.4) is 0 Å². The Labute approximate surface area is 195 Å². The second kappa shape index (κ2) is 10.4. The first-order valence-corrected chi connectivity index (χ1v) is 10.4. The normalized spacial score (nSPS) is 11.0. The summed E-state index contributed by atoms with van der Waals surface area (Å²) in [5, 5.41) is 13.7. The van der Waals surface area contributed by atoms with E-state index in [-0.39, 0.29) is 12.2 Å². The fraction of sp³-hybridized carbons (Fsp3) is 0.0833. The van der Waals surface area contributed by atoms with Crippen molar-refractivity contribution in [2.24, 2.45) is 0 Å². The molecule has 31 heavy (non-hydrogen) atoms. The summed E-state index contributed by atoms with van der Waals surface area (Å²) in [7, 11) is 0. The second-order valence-electron chi connectivity index (χ2n) is 6.61. The molecule has 0 aliphatic rings. The van der Waals surface area contributed by atoms with Gasteiger partial charge in [-0.25, -0.2) is 0 Å². The Hall–Kier alpha value is -2.97. The summed E-state index contributed by atoms with van der Waals surface area (Å²) in [6.45, 7) is 2.04. The minimum atomic E-state index is -0.535. The van der Waals surface area contributed by atoms with Gasteiger partial charge >= 0.3 is 0 Å². The van der Waals surface area contributed by atoms with E-state index in [9.17, 15) is 10.1 Å². The maximum atomic E-state index is 12.7. The van der Waals surface area contributed by atoms with Gasteiger partial charge in [0.25, 0.3) is 5.91 Å². The van der Waals surface area contributed by atoms with Crippen LogP contribution in [-0.4, -0.2) is 5.91 Å². The Morgan fingerprint density at radius 1 is 1.03 bits per heavy atom. The summed E-state index contributed by atoms with van der Waals surface area (Å²) in [6, 6.07) is 19.5. The number of carbonyl (C=O) groups excluding carboxylic acids is 1. The van der Waals surface area contributed by atoms with Crippen molar-refractivity contribution >= 4 is 52.5 Å². The van der Waals surface area contributed by atoms with Crippen molar-refractivity contribution in [3.05, 3.63) is 98.0 Å². The third kappa shape index (κ3) is 5.80. The molecular formula is C24H17Cl3N2O2. The van der Waals surface area contributed by atoms with Crippen LogP contribution in [0.15, 0.2) is 66.2 Å². The third-order valence-corrected chi connectivity index (χ3v) is 5.63. The Bertz CT molecular complexity index is 1200. The van der Waals surface area contributed by atoms with Gasteiger partial charge in [0.1, 0.15) is 24.0 Å². The second-order valence-corrected chi connectivity index (χ2v) is 7.83. The largest absolute Gasteiger partial charge is 0.488 e. The molecule has 0 saturated carbocycles. The van der Waals surface area contributed by atoms with Gasteiger partial charge in [0, 0.05) is 16.3 Å². The molecule has 0 bridgehead atoms. The third-order valence-electron chi connectivity index (χ3n) is 4.48. The lowest BCUT2D eigenvalue weighted by molar-refractivity contribution is -0.112. The molecule has 0 radical (unpaired) electrons. The molecule has 0 spiro atoms. The van der Waals surface area contributed by atoms with Crippen LogP contribution in [0.2, 0.25) is 15.1 Å². The van der Waals surface area contributed by atoms with Crippen molar-refractivity contribution in [3.63, 3.8) is 0 Å². The molecule has 0 aliphatic carbocycles. The monoisotopic (exact) mass is 470 g/mol. The molecule has 3 aromatic rings. The molecule has 3 aromatic carbocycles. The summed E-state index contributed by atoms with van der Waals surface area (Å²) in [5.74, 6) is -0.0137. The van der Waals surface area contributed by atoms with Crippen molar-refractivity contribution in [2.45, 2.75) is 13.5 Å². The summed E-state index contributed by atoms with van der Waals surface area (Å²) < 4.78 is 5.89. The number of nitrogens with zero attached hydrogens (tertiary/aromatic N) is 1. The molecule has 0 aliphatic heterocycles. The first kappa shape index (κ1) is 22.7. The summed E-state index contributed by atoms with van der Waals surface area (Å²) in [4.78, 5) is 12.7. The van der Waals surface area contributed by atoms with Gasteiger partial charge in [-0.2, -0.15) is 5.26 Å². The minimum Gasteiger partial charge on any atom is -0.488 e.